The van der Waals surface area contributed by atoms with Gasteiger partial charge in [0.05, 0.1) is 13.7 Å². The van der Waals surface area contributed by atoms with Crippen LogP contribution in [-0.4, -0.2) is 41.3 Å². The molecule has 0 aliphatic heterocycles. The van der Waals surface area contributed by atoms with E-state index in [0.29, 0.717) is 0 Å². The van der Waals surface area contributed by atoms with Gasteiger partial charge in [0.1, 0.15) is 0 Å². The Kier molecular flexibility index (Phi) is 5.74. The molecular weight excluding hydrogens is 252 g/mol. The molecule has 0 bridgehead atoms. The highest BCUT2D eigenvalue weighted by atomic mass is 16.5. The lowest BCUT2D eigenvalue weighted by atomic mass is 10.3. The van der Waals surface area contributed by atoms with Gasteiger partial charge in [-0.15, -0.1) is 0 Å². The van der Waals surface area contributed by atoms with Crippen molar-refractivity contribution >= 4 is 11.9 Å². The summed E-state index contributed by atoms with van der Waals surface area (Å²) in [5.41, 5.74) is -0.190. The molecule has 0 radical (unpaired) electrons. The summed E-state index contributed by atoms with van der Waals surface area (Å²) in [5.74, 6) is -1.17. The topological polar surface area (TPSA) is 97.6 Å². The summed E-state index contributed by atoms with van der Waals surface area (Å²) in [5, 5.41) is 11.6. The monoisotopic (exact) mass is 268 g/mol. The van der Waals surface area contributed by atoms with Crippen LogP contribution in [0.2, 0.25) is 0 Å². The van der Waals surface area contributed by atoms with Crippen LogP contribution in [0.3, 0.4) is 0 Å². The minimum atomic E-state index is -1.38. The number of nitrogens with one attached hydrogen (secondary N) is 1. The maximum atomic E-state index is 11.5. The Morgan fingerprint density at radius 3 is 2.84 bits per heavy atom. The van der Waals surface area contributed by atoms with E-state index in [9.17, 15) is 19.5 Å². The van der Waals surface area contributed by atoms with E-state index >= 15 is 0 Å². The quantitative estimate of drug-likeness (QED) is 0.637. The fraction of sp³-hybridized carbons (Fsp3) is 0.417. The molecule has 7 heteroatoms. The van der Waals surface area contributed by atoms with E-state index in [4.69, 9.17) is 0 Å². The van der Waals surface area contributed by atoms with Crippen molar-refractivity contribution < 1.29 is 19.4 Å². The van der Waals surface area contributed by atoms with Gasteiger partial charge in [0.2, 0.25) is 5.91 Å². The molecule has 1 aromatic heterocycles. The number of pyridine rings is 1. The summed E-state index contributed by atoms with van der Waals surface area (Å²) in [4.78, 5) is 33.7. The van der Waals surface area contributed by atoms with Crippen molar-refractivity contribution in [2.45, 2.75) is 19.1 Å². The van der Waals surface area contributed by atoms with Crippen LogP contribution in [0.25, 0.3) is 0 Å². The normalized spacial score (nSPS) is 11.7. The Hall–Kier alpha value is -2.15. The number of nitrogens with zero attached hydrogens (tertiary/aromatic N) is 1. The molecule has 104 valence electrons. The highest BCUT2D eigenvalue weighted by Gasteiger charge is 2.15. The molecule has 0 saturated heterocycles. The molecule has 1 atom stereocenters. The van der Waals surface area contributed by atoms with Crippen LogP contribution < -0.4 is 10.9 Å². The molecule has 0 saturated carbocycles. The smallest absolute Gasteiger partial charge is 0.336 e. The van der Waals surface area contributed by atoms with Crippen LogP contribution in [0.15, 0.2) is 29.2 Å². The van der Waals surface area contributed by atoms with E-state index in [-0.39, 0.29) is 31.0 Å². The number of ether oxygens (including phenoxy) is 1. The summed E-state index contributed by atoms with van der Waals surface area (Å²) in [6.45, 7) is 0.0228. The van der Waals surface area contributed by atoms with Crippen LogP contribution in [0.1, 0.15) is 6.42 Å². The Morgan fingerprint density at radius 2 is 2.21 bits per heavy atom. The Morgan fingerprint density at radius 1 is 1.47 bits per heavy atom. The van der Waals surface area contributed by atoms with Crippen LogP contribution >= 0.6 is 0 Å². The number of aliphatic hydroxyl groups is 1. The van der Waals surface area contributed by atoms with Crippen LogP contribution in [0.5, 0.6) is 0 Å². The summed E-state index contributed by atoms with van der Waals surface area (Å²) >= 11 is 0. The van der Waals surface area contributed by atoms with Gasteiger partial charge in [0.15, 0.2) is 6.10 Å². The minimum Gasteiger partial charge on any atom is -0.467 e. The number of hydrogen-bond acceptors (Lipinski definition) is 5. The second-order valence-corrected chi connectivity index (χ2v) is 3.83. The number of rotatable bonds is 6. The molecule has 1 rings (SSSR count). The zero-order valence-electron chi connectivity index (χ0n) is 10.5. The molecule has 2 N–H and O–H groups in total. The molecule has 1 unspecified atom stereocenters. The number of esters is 1. The molecule has 0 aromatic carbocycles. The van der Waals surface area contributed by atoms with Gasteiger partial charge in [-0.1, -0.05) is 6.07 Å². The summed E-state index contributed by atoms with van der Waals surface area (Å²) < 4.78 is 5.70. The first-order chi connectivity index (χ1) is 9.04. The van der Waals surface area contributed by atoms with Crippen molar-refractivity contribution in [2.24, 2.45) is 0 Å². The van der Waals surface area contributed by atoms with Crippen molar-refractivity contribution in [3.63, 3.8) is 0 Å². The van der Waals surface area contributed by atoms with Gasteiger partial charge < -0.3 is 19.7 Å². The standard InChI is InChI=1S/C12H16N2O5/c1-19-12(18)9(15)8-13-10(16)5-7-14-6-3-2-4-11(14)17/h2-4,6,9,15H,5,7-8H2,1H3,(H,13,16). The van der Waals surface area contributed by atoms with Gasteiger partial charge >= 0.3 is 5.97 Å². The molecule has 7 nitrogen and oxygen atoms in total. The predicted octanol–water partition coefficient (Wildman–Crippen LogP) is -1.11. The van der Waals surface area contributed by atoms with E-state index in [1.165, 1.54) is 10.6 Å². The highest BCUT2D eigenvalue weighted by molar-refractivity contribution is 5.78. The molecule has 0 fully saturated rings. The first-order valence-electron chi connectivity index (χ1n) is 5.72. The van der Waals surface area contributed by atoms with E-state index in [0.717, 1.165) is 7.11 Å². The van der Waals surface area contributed by atoms with Gasteiger partial charge in [-0.2, -0.15) is 0 Å². The number of carbonyl (C=O) groups excluding carboxylic acids is 2. The van der Waals surface area contributed by atoms with E-state index in [1.54, 1.807) is 18.3 Å². The predicted molar refractivity (Wildman–Crippen MR) is 66.4 cm³/mol. The number of aryl methyl sites for hydroxylation is 1. The van der Waals surface area contributed by atoms with Gasteiger partial charge in [-0.25, -0.2) is 4.79 Å². The Balaban J connectivity index is 2.35. The molecule has 19 heavy (non-hydrogen) atoms. The lowest BCUT2D eigenvalue weighted by Gasteiger charge is -2.10. The maximum Gasteiger partial charge on any atom is 0.336 e. The summed E-state index contributed by atoms with van der Waals surface area (Å²) in [6, 6.07) is 4.71. The van der Waals surface area contributed by atoms with Crippen molar-refractivity contribution in [3.8, 4) is 0 Å². The number of carbonyl (C=O) groups is 2. The molecule has 1 aromatic rings. The van der Waals surface area contributed by atoms with Gasteiger partial charge in [-0.05, 0) is 6.07 Å². The van der Waals surface area contributed by atoms with E-state index in [1.807, 2.05) is 0 Å². The van der Waals surface area contributed by atoms with Crippen LogP contribution in [0, 0.1) is 0 Å². The fourth-order valence-corrected chi connectivity index (χ4v) is 1.39. The zero-order valence-corrected chi connectivity index (χ0v) is 10.5. The second-order valence-electron chi connectivity index (χ2n) is 3.83. The van der Waals surface area contributed by atoms with Gasteiger partial charge in [0.25, 0.3) is 5.56 Å². The van der Waals surface area contributed by atoms with Gasteiger partial charge in [0, 0.05) is 25.2 Å². The minimum absolute atomic E-state index is 0.0812. The molecule has 0 aliphatic rings. The van der Waals surface area contributed by atoms with E-state index in [2.05, 4.69) is 10.1 Å². The van der Waals surface area contributed by atoms with E-state index < -0.39 is 12.1 Å². The molecule has 1 amide bonds. The number of methoxy groups -OCH3 is 1. The number of aromatic nitrogens is 1. The average molecular weight is 268 g/mol. The third-order valence-corrected chi connectivity index (χ3v) is 2.44. The maximum absolute atomic E-state index is 11.5. The van der Waals surface area contributed by atoms with Crippen molar-refractivity contribution in [3.05, 3.63) is 34.7 Å². The number of aliphatic hydroxyl groups excluding tert-OH is 1. The Labute approximate surface area is 109 Å². The molecule has 1 heterocycles. The molecule has 0 aliphatic carbocycles. The van der Waals surface area contributed by atoms with Crippen LogP contribution in [-0.2, 0) is 20.9 Å². The largest absolute Gasteiger partial charge is 0.467 e. The van der Waals surface area contributed by atoms with Crippen LogP contribution in [0.4, 0.5) is 0 Å². The third kappa shape index (κ3) is 4.92. The fourth-order valence-electron chi connectivity index (χ4n) is 1.39. The van der Waals surface area contributed by atoms with Gasteiger partial charge in [-0.3, -0.25) is 9.59 Å². The van der Waals surface area contributed by atoms with Crippen molar-refractivity contribution in [2.75, 3.05) is 13.7 Å². The Bertz CT molecular complexity index is 497. The molecular formula is C12H16N2O5. The molecule has 0 spiro atoms. The SMILES string of the molecule is COC(=O)C(O)CNC(=O)CCn1ccccc1=O. The second kappa shape index (κ2) is 7.32. The zero-order chi connectivity index (χ0) is 14.3. The highest BCUT2D eigenvalue weighted by Crippen LogP contribution is 1.90. The van der Waals surface area contributed by atoms with Crippen molar-refractivity contribution in [1.82, 2.24) is 9.88 Å². The number of hydrogen-bond donors (Lipinski definition) is 2. The van der Waals surface area contributed by atoms with Crippen molar-refractivity contribution in [1.29, 1.82) is 0 Å². The first-order valence-corrected chi connectivity index (χ1v) is 5.72. The lowest BCUT2D eigenvalue weighted by Crippen LogP contribution is -2.37. The average Bonchev–Trinajstić information content (AvgIpc) is 2.42. The summed E-state index contributed by atoms with van der Waals surface area (Å²) in [6.07, 6.45) is 0.282. The summed E-state index contributed by atoms with van der Waals surface area (Å²) in [7, 11) is 1.15. The first kappa shape index (κ1) is 14.9. The lowest BCUT2D eigenvalue weighted by molar-refractivity contribution is -0.150. The number of amides is 1. The third-order valence-electron chi connectivity index (χ3n) is 2.44.